The Hall–Kier alpha value is -1.72. The lowest BCUT2D eigenvalue weighted by molar-refractivity contribution is -0.115. The van der Waals surface area contributed by atoms with Crippen molar-refractivity contribution in [1.29, 1.82) is 0 Å². The van der Waals surface area contributed by atoms with E-state index in [0.717, 1.165) is 4.90 Å². The van der Waals surface area contributed by atoms with Crippen LogP contribution >= 0.6 is 23.4 Å². The van der Waals surface area contributed by atoms with Gasteiger partial charge in [0.1, 0.15) is 5.82 Å². The Labute approximate surface area is 131 Å². The van der Waals surface area contributed by atoms with Gasteiger partial charge in [0.2, 0.25) is 5.91 Å². The summed E-state index contributed by atoms with van der Waals surface area (Å²) >= 11 is 7.15. The quantitative estimate of drug-likeness (QED) is 0.655. The lowest BCUT2D eigenvalue weighted by Crippen LogP contribution is -2.22. The Morgan fingerprint density at radius 1 is 1.29 bits per heavy atom. The van der Waals surface area contributed by atoms with Gasteiger partial charge in [-0.1, -0.05) is 11.6 Å². The molecule has 2 aromatic rings. The van der Waals surface area contributed by atoms with Crippen molar-refractivity contribution in [2.75, 3.05) is 11.1 Å². The molecule has 21 heavy (non-hydrogen) atoms. The van der Waals surface area contributed by atoms with Crippen molar-refractivity contribution in [2.24, 2.45) is 0 Å². The Morgan fingerprint density at radius 3 is 2.57 bits per heavy atom. The Bertz CT molecular complexity index is 649. The van der Waals surface area contributed by atoms with Crippen molar-refractivity contribution in [2.45, 2.75) is 17.1 Å². The van der Waals surface area contributed by atoms with E-state index in [-0.39, 0.29) is 17.0 Å². The largest absolute Gasteiger partial charge is 0.397 e. The van der Waals surface area contributed by atoms with Crippen LogP contribution in [0.15, 0.2) is 47.4 Å². The molecular weight excluding hydrogens is 311 g/mol. The minimum Gasteiger partial charge on any atom is -0.397 e. The number of nitrogen functional groups attached to an aromatic ring is 1. The SMILES string of the molecule is CC(Sc1ccc(F)cc1)C(=O)Nc1ccc(Cl)cc1N. The molecule has 3 N–H and O–H groups in total. The van der Waals surface area contributed by atoms with Crippen LogP contribution in [0.1, 0.15) is 6.92 Å². The van der Waals surface area contributed by atoms with E-state index in [2.05, 4.69) is 5.32 Å². The molecule has 1 atom stereocenters. The van der Waals surface area contributed by atoms with E-state index >= 15 is 0 Å². The zero-order valence-electron chi connectivity index (χ0n) is 11.3. The minimum atomic E-state index is -0.342. The molecule has 3 nitrogen and oxygen atoms in total. The Kier molecular flexibility index (Phi) is 5.09. The summed E-state index contributed by atoms with van der Waals surface area (Å²) in [4.78, 5) is 12.9. The molecule has 0 fully saturated rings. The maximum atomic E-state index is 12.8. The van der Waals surface area contributed by atoms with Crippen LogP contribution in [0, 0.1) is 5.82 Å². The van der Waals surface area contributed by atoms with Crippen LogP contribution in [-0.2, 0) is 4.79 Å². The fourth-order valence-corrected chi connectivity index (χ4v) is 2.70. The first kappa shape index (κ1) is 15.7. The van der Waals surface area contributed by atoms with Gasteiger partial charge in [-0.05, 0) is 49.4 Å². The fourth-order valence-electron chi connectivity index (χ4n) is 1.65. The molecule has 6 heteroatoms. The average molecular weight is 325 g/mol. The van der Waals surface area contributed by atoms with Gasteiger partial charge in [0.25, 0.3) is 0 Å². The molecule has 0 aromatic heterocycles. The van der Waals surface area contributed by atoms with Crippen LogP contribution < -0.4 is 11.1 Å². The maximum Gasteiger partial charge on any atom is 0.237 e. The standard InChI is InChI=1S/C15H14ClFN2OS/c1-9(21-12-5-3-11(17)4-6-12)15(20)19-14-7-2-10(16)8-13(14)18/h2-9H,18H2,1H3,(H,19,20). The van der Waals surface area contributed by atoms with Crippen molar-refractivity contribution < 1.29 is 9.18 Å². The zero-order valence-corrected chi connectivity index (χ0v) is 12.8. The number of amides is 1. The third-order valence-electron chi connectivity index (χ3n) is 2.77. The van der Waals surface area contributed by atoms with Gasteiger partial charge in [0.15, 0.2) is 0 Å². The van der Waals surface area contributed by atoms with Gasteiger partial charge in [-0.15, -0.1) is 11.8 Å². The van der Waals surface area contributed by atoms with Crippen molar-refractivity contribution in [3.8, 4) is 0 Å². The third kappa shape index (κ3) is 4.37. The van der Waals surface area contributed by atoms with Crippen molar-refractivity contribution in [3.05, 3.63) is 53.3 Å². The van der Waals surface area contributed by atoms with Crippen LogP contribution in [0.5, 0.6) is 0 Å². The van der Waals surface area contributed by atoms with Crippen molar-refractivity contribution in [1.82, 2.24) is 0 Å². The molecule has 0 bridgehead atoms. The molecular formula is C15H14ClFN2OS. The molecule has 0 saturated heterocycles. The summed E-state index contributed by atoms with van der Waals surface area (Å²) in [5, 5.41) is 2.92. The van der Waals surface area contributed by atoms with Crippen LogP contribution in [0.25, 0.3) is 0 Å². The molecule has 1 amide bonds. The highest BCUT2D eigenvalue weighted by molar-refractivity contribution is 8.00. The van der Waals surface area contributed by atoms with E-state index in [4.69, 9.17) is 17.3 Å². The molecule has 1 unspecified atom stereocenters. The molecule has 0 aliphatic rings. The number of nitrogens with one attached hydrogen (secondary N) is 1. The number of nitrogens with two attached hydrogens (primary N) is 1. The minimum absolute atomic E-state index is 0.182. The number of carbonyl (C=O) groups is 1. The zero-order chi connectivity index (χ0) is 15.4. The van der Waals surface area contributed by atoms with Gasteiger partial charge in [-0.3, -0.25) is 4.79 Å². The van der Waals surface area contributed by atoms with E-state index in [1.54, 1.807) is 37.3 Å². The summed E-state index contributed by atoms with van der Waals surface area (Å²) in [6.45, 7) is 1.77. The topological polar surface area (TPSA) is 55.1 Å². The first-order valence-electron chi connectivity index (χ1n) is 6.24. The van der Waals surface area contributed by atoms with Gasteiger partial charge >= 0.3 is 0 Å². The molecule has 2 rings (SSSR count). The maximum absolute atomic E-state index is 12.8. The van der Waals surface area contributed by atoms with E-state index in [1.807, 2.05) is 0 Å². The lowest BCUT2D eigenvalue weighted by Gasteiger charge is -2.13. The van der Waals surface area contributed by atoms with Crippen LogP contribution in [0.4, 0.5) is 15.8 Å². The fraction of sp³-hybridized carbons (Fsp3) is 0.133. The van der Waals surface area contributed by atoms with E-state index in [1.165, 1.54) is 23.9 Å². The van der Waals surface area contributed by atoms with E-state index < -0.39 is 0 Å². The predicted molar refractivity (Wildman–Crippen MR) is 86.2 cm³/mol. The number of anilines is 2. The number of rotatable bonds is 4. The number of halogens is 2. The molecule has 0 heterocycles. The van der Waals surface area contributed by atoms with Crippen LogP contribution in [0.3, 0.4) is 0 Å². The van der Waals surface area contributed by atoms with E-state index in [9.17, 15) is 9.18 Å². The van der Waals surface area contributed by atoms with Gasteiger partial charge in [0, 0.05) is 9.92 Å². The second-order valence-electron chi connectivity index (χ2n) is 4.43. The highest BCUT2D eigenvalue weighted by Gasteiger charge is 2.15. The second kappa shape index (κ2) is 6.83. The summed E-state index contributed by atoms with van der Waals surface area (Å²) < 4.78 is 12.8. The number of hydrogen-bond acceptors (Lipinski definition) is 3. The van der Waals surface area contributed by atoms with Gasteiger partial charge in [0.05, 0.1) is 16.6 Å². The van der Waals surface area contributed by atoms with Gasteiger partial charge in [-0.25, -0.2) is 4.39 Å². The monoisotopic (exact) mass is 324 g/mol. The van der Waals surface area contributed by atoms with Crippen LogP contribution in [0.2, 0.25) is 5.02 Å². The molecule has 2 aromatic carbocycles. The highest BCUT2D eigenvalue weighted by Crippen LogP contribution is 2.26. The third-order valence-corrected chi connectivity index (χ3v) is 4.11. The number of thioether (sulfide) groups is 1. The number of benzene rings is 2. The average Bonchev–Trinajstić information content (AvgIpc) is 2.44. The first-order valence-corrected chi connectivity index (χ1v) is 7.49. The molecule has 0 spiro atoms. The number of hydrogen-bond donors (Lipinski definition) is 2. The molecule has 0 saturated carbocycles. The summed E-state index contributed by atoms with van der Waals surface area (Å²) in [7, 11) is 0. The first-order chi connectivity index (χ1) is 9.95. The summed E-state index contributed by atoms with van der Waals surface area (Å²) in [6.07, 6.45) is 0. The van der Waals surface area contributed by atoms with Crippen molar-refractivity contribution >= 4 is 40.6 Å². The molecule has 0 aliphatic heterocycles. The smallest absolute Gasteiger partial charge is 0.237 e. The normalized spacial score (nSPS) is 12.0. The van der Waals surface area contributed by atoms with Crippen LogP contribution in [-0.4, -0.2) is 11.2 Å². The second-order valence-corrected chi connectivity index (χ2v) is 6.29. The summed E-state index contributed by atoms with van der Waals surface area (Å²) in [5.41, 5.74) is 6.73. The molecule has 0 aliphatic carbocycles. The summed E-state index contributed by atoms with van der Waals surface area (Å²) in [5.74, 6) is -0.483. The van der Waals surface area contributed by atoms with E-state index in [0.29, 0.717) is 16.4 Å². The Morgan fingerprint density at radius 2 is 1.95 bits per heavy atom. The number of carbonyl (C=O) groups excluding carboxylic acids is 1. The molecule has 0 radical (unpaired) electrons. The van der Waals surface area contributed by atoms with Gasteiger partial charge in [-0.2, -0.15) is 0 Å². The molecule has 110 valence electrons. The van der Waals surface area contributed by atoms with Crippen molar-refractivity contribution in [3.63, 3.8) is 0 Å². The highest BCUT2D eigenvalue weighted by atomic mass is 35.5. The Balaban J connectivity index is 2.00. The van der Waals surface area contributed by atoms with Gasteiger partial charge < -0.3 is 11.1 Å². The lowest BCUT2D eigenvalue weighted by atomic mass is 10.2. The summed E-state index contributed by atoms with van der Waals surface area (Å²) in [6, 6.07) is 10.9. The predicted octanol–water partition coefficient (Wildman–Crippen LogP) is 4.18.